The third-order valence-corrected chi connectivity index (χ3v) is 4.82. The van der Waals surface area contributed by atoms with Gasteiger partial charge in [-0.15, -0.1) is 0 Å². The standard InChI is InChI=1S/C20H28N4O4/c1-14-13-15(24-8-7-17(25)21-18(24)26)5-6-16(14)22-9-11-23(12-10-22)19(27)28-20(2,3)4/h5-6,13H,7-12H2,1-4H3,(H,21,25,26). The average Bonchev–Trinajstić information content (AvgIpc) is 2.60. The Morgan fingerprint density at radius 1 is 1.07 bits per heavy atom. The van der Waals surface area contributed by atoms with Crippen molar-refractivity contribution in [2.45, 2.75) is 39.7 Å². The molecule has 1 N–H and O–H groups in total. The molecule has 0 aromatic heterocycles. The SMILES string of the molecule is Cc1cc(N2CCC(=O)NC2=O)ccc1N1CCN(C(=O)OC(C)(C)C)CC1. The van der Waals surface area contributed by atoms with E-state index in [2.05, 4.69) is 10.2 Å². The summed E-state index contributed by atoms with van der Waals surface area (Å²) in [4.78, 5) is 41.1. The summed E-state index contributed by atoms with van der Waals surface area (Å²) in [6, 6.07) is 5.48. The van der Waals surface area contributed by atoms with Gasteiger partial charge in [-0.25, -0.2) is 9.59 Å². The van der Waals surface area contributed by atoms with Gasteiger partial charge in [0.25, 0.3) is 0 Å². The van der Waals surface area contributed by atoms with Crippen LogP contribution in [0.2, 0.25) is 0 Å². The fourth-order valence-electron chi connectivity index (χ4n) is 3.43. The Bertz CT molecular complexity index is 779. The number of carbonyl (C=O) groups is 3. The van der Waals surface area contributed by atoms with E-state index in [0.717, 1.165) is 30.0 Å². The summed E-state index contributed by atoms with van der Waals surface area (Å²) in [5.74, 6) is -0.238. The summed E-state index contributed by atoms with van der Waals surface area (Å²) in [5, 5.41) is 2.35. The van der Waals surface area contributed by atoms with Crippen molar-refractivity contribution in [2.24, 2.45) is 0 Å². The van der Waals surface area contributed by atoms with Gasteiger partial charge in [0, 0.05) is 50.5 Å². The molecule has 28 heavy (non-hydrogen) atoms. The predicted molar refractivity (Wildman–Crippen MR) is 107 cm³/mol. The molecule has 2 aliphatic heterocycles. The number of imide groups is 1. The highest BCUT2D eigenvalue weighted by Crippen LogP contribution is 2.27. The van der Waals surface area contributed by atoms with Crippen LogP contribution < -0.4 is 15.1 Å². The molecule has 8 heteroatoms. The first-order chi connectivity index (χ1) is 13.1. The highest BCUT2D eigenvalue weighted by atomic mass is 16.6. The number of hydrogen-bond donors (Lipinski definition) is 1. The van der Waals surface area contributed by atoms with Crippen LogP contribution >= 0.6 is 0 Å². The van der Waals surface area contributed by atoms with Crippen molar-refractivity contribution in [1.29, 1.82) is 0 Å². The number of carbonyl (C=O) groups excluding carboxylic acids is 3. The van der Waals surface area contributed by atoms with Crippen LogP contribution in [0.5, 0.6) is 0 Å². The zero-order valence-corrected chi connectivity index (χ0v) is 16.9. The number of anilines is 2. The smallest absolute Gasteiger partial charge is 0.410 e. The number of piperazine rings is 1. The van der Waals surface area contributed by atoms with E-state index >= 15 is 0 Å². The Balaban J connectivity index is 1.63. The number of nitrogens with zero attached hydrogens (tertiary/aromatic N) is 3. The highest BCUT2D eigenvalue weighted by molar-refractivity contribution is 6.05. The molecule has 2 aliphatic rings. The van der Waals surface area contributed by atoms with E-state index < -0.39 is 5.60 Å². The molecule has 4 amide bonds. The largest absolute Gasteiger partial charge is 0.444 e. The lowest BCUT2D eigenvalue weighted by Crippen LogP contribution is -2.50. The van der Waals surface area contributed by atoms with Crippen molar-refractivity contribution in [2.75, 3.05) is 42.5 Å². The molecule has 8 nitrogen and oxygen atoms in total. The molecule has 152 valence electrons. The second-order valence-electron chi connectivity index (χ2n) is 8.18. The topological polar surface area (TPSA) is 82.2 Å². The molecule has 0 spiro atoms. The van der Waals surface area contributed by atoms with Gasteiger partial charge in [-0.05, 0) is 51.5 Å². The van der Waals surface area contributed by atoms with E-state index in [-0.39, 0.29) is 18.0 Å². The second kappa shape index (κ2) is 7.69. The molecule has 0 atom stereocenters. The van der Waals surface area contributed by atoms with Crippen LogP contribution in [0.15, 0.2) is 18.2 Å². The van der Waals surface area contributed by atoms with Crippen LogP contribution in [-0.4, -0.2) is 61.3 Å². The molecule has 0 radical (unpaired) electrons. The van der Waals surface area contributed by atoms with E-state index in [4.69, 9.17) is 4.74 Å². The van der Waals surface area contributed by atoms with Gasteiger partial charge in [-0.3, -0.25) is 15.0 Å². The van der Waals surface area contributed by atoms with E-state index in [1.165, 1.54) is 0 Å². The number of aryl methyl sites for hydroxylation is 1. The van der Waals surface area contributed by atoms with Gasteiger partial charge < -0.3 is 14.5 Å². The molecule has 1 aromatic carbocycles. The molecule has 0 unspecified atom stereocenters. The minimum absolute atomic E-state index is 0.238. The maximum absolute atomic E-state index is 12.2. The lowest BCUT2D eigenvalue weighted by atomic mass is 10.1. The third kappa shape index (κ3) is 4.55. The normalized spacial score (nSPS) is 18.2. The molecule has 0 saturated carbocycles. The molecule has 0 aliphatic carbocycles. The van der Waals surface area contributed by atoms with E-state index in [1.54, 1.807) is 9.80 Å². The summed E-state index contributed by atoms with van der Waals surface area (Å²) >= 11 is 0. The summed E-state index contributed by atoms with van der Waals surface area (Å²) in [6.07, 6.45) is 0.0315. The molecule has 2 fully saturated rings. The van der Waals surface area contributed by atoms with Gasteiger partial charge in [0.2, 0.25) is 5.91 Å². The Kier molecular flexibility index (Phi) is 5.49. The van der Waals surface area contributed by atoms with Crippen molar-refractivity contribution in [3.8, 4) is 0 Å². The number of ether oxygens (including phenoxy) is 1. The van der Waals surface area contributed by atoms with Crippen LogP contribution in [0.3, 0.4) is 0 Å². The van der Waals surface area contributed by atoms with Crippen LogP contribution in [0, 0.1) is 6.92 Å². The average molecular weight is 388 g/mol. The molecule has 0 bridgehead atoms. The Labute approximate surface area is 165 Å². The number of benzene rings is 1. The molecule has 2 saturated heterocycles. The van der Waals surface area contributed by atoms with Gasteiger partial charge in [-0.1, -0.05) is 0 Å². The van der Waals surface area contributed by atoms with Crippen molar-refractivity contribution in [3.63, 3.8) is 0 Å². The molecular weight excluding hydrogens is 360 g/mol. The minimum Gasteiger partial charge on any atom is -0.444 e. The monoisotopic (exact) mass is 388 g/mol. The Morgan fingerprint density at radius 2 is 1.75 bits per heavy atom. The van der Waals surface area contributed by atoms with Gasteiger partial charge in [-0.2, -0.15) is 0 Å². The van der Waals surface area contributed by atoms with Crippen LogP contribution in [0.4, 0.5) is 21.0 Å². The number of rotatable bonds is 2. The van der Waals surface area contributed by atoms with E-state index in [9.17, 15) is 14.4 Å². The van der Waals surface area contributed by atoms with Crippen LogP contribution in [-0.2, 0) is 9.53 Å². The minimum atomic E-state index is -0.494. The first kappa shape index (κ1) is 20.0. The summed E-state index contributed by atoms with van der Waals surface area (Å²) in [7, 11) is 0. The number of nitrogens with one attached hydrogen (secondary N) is 1. The molecular formula is C20H28N4O4. The zero-order chi connectivity index (χ0) is 20.5. The summed E-state index contributed by atoms with van der Waals surface area (Å²) in [5.41, 5.74) is 2.42. The van der Waals surface area contributed by atoms with E-state index in [1.807, 2.05) is 45.9 Å². The van der Waals surface area contributed by atoms with Crippen LogP contribution in [0.1, 0.15) is 32.8 Å². The number of urea groups is 1. The predicted octanol–water partition coefficient (Wildman–Crippen LogP) is 2.50. The van der Waals surface area contributed by atoms with Crippen molar-refractivity contribution < 1.29 is 19.1 Å². The van der Waals surface area contributed by atoms with Gasteiger partial charge in [0.05, 0.1) is 0 Å². The lowest BCUT2D eigenvalue weighted by molar-refractivity contribution is -0.120. The maximum atomic E-state index is 12.2. The quantitative estimate of drug-likeness (QED) is 0.842. The molecule has 1 aromatic rings. The number of hydrogen-bond acceptors (Lipinski definition) is 5. The lowest BCUT2D eigenvalue weighted by Gasteiger charge is -2.37. The van der Waals surface area contributed by atoms with Crippen LogP contribution in [0.25, 0.3) is 0 Å². The van der Waals surface area contributed by atoms with Crippen molar-refractivity contribution in [3.05, 3.63) is 23.8 Å². The number of amides is 4. The molecule has 2 heterocycles. The van der Waals surface area contributed by atoms with Crippen molar-refractivity contribution >= 4 is 29.4 Å². The van der Waals surface area contributed by atoms with Gasteiger partial charge in [0.15, 0.2) is 0 Å². The third-order valence-electron chi connectivity index (χ3n) is 4.82. The summed E-state index contributed by atoms with van der Waals surface area (Å²) in [6.45, 7) is 10.6. The summed E-state index contributed by atoms with van der Waals surface area (Å²) < 4.78 is 5.44. The second-order valence-corrected chi connectivity index (χ2v) is 8.18. The van der Waals surface area contributed by atoms with E-state index in [0.29, 0.717) is 26.1 Å². The highest BCUT2D eigenvalue weighted by Gasteiger charge is 2.27. The Morgan fingerprint density at radius 3 is 2.32 bits per heavy atom. The molecule has 3 rings (SSSR count). The fourth-order valence-corrected chi connectivity index (χ4v) is 3.43. The maximum Gasteiger partial charge on any atom is 0.410 e. The van der Waals surface area contributed by atoms with Gasteiger partial charge in [0.1, 0.15) is 5.60 Å². The fraction of sp³-hybridized carbons (Fsp3) is 0.550. The van der Waals surface area contributed by atoms with Crippen molar-refractivity contribution in [1.82, 2.24) is 10.2 Å². The first-order valence-corrected chi connectivity index (χ1v) is 9.59. The van der Waals surface area contributed by atoms with Gasteiger partial charge >= 0.3 is 12.1 Å². The first-order valence-electron chi connectivity index (χ1n) is 9.59. The Hall–Kier alpha value is -2.77. The zero-order valence-electron chi connectivity index (χ0n) is 16.9.